The maximum Gasteiger partial charge on any atom is 0.226 e. The standard InChI is InChI=1S/C15H27N3O/c1-4-6-7-8-9-10-11-19-14-12-13(3)17-15(18-14)16-5-2/h12H,4-11H2,1-3H3,(H,16,17,18). The Morgan fingerprint density at radius 3 is 2.53 bits per heavy atom. The average Bonchev–Trinajstić information content (AvgIpc) is 2.37. The third-order valence-electron chi connectivity index (χ3n) is 2.91. The van der Waals surface area contributed by atoms with Crippen LogP contribution in [-0.2, 0) is 0 Å². The number of nitrogens with one attached hydrogen (secondary N) is 1. The highest BCUT2D eigenvalue weighted by Crippen LogP contribution is 2.13. The van der Waals surface area contributed by atoms with Crippen LogP contribution in [-0.4, -0.2) is 23.1 Å². The van der Waals surface area contributed by atoms with E-state index in [1.165, 1.54) is 32.1 Å². The van der Waals surface area contributed by atoms with Crippen LogP contribution >= 0.6 is 0 Å². The van der Waals surface area contributed by atoms with Crippen molar-refractivity contribution in [3.8, 4) is 5.88 Å². The first kappa shape index (κ1) is 15.7. The zero-order valence-electron chi connectivity index (χ0n) is 12.5. The molecule has 1 rings (SSSR count). The van der Waals surface area contributed by atoms with E-state index in [4.69, 9.17) is 4.74 Å². The Labute approximate surface area is 117 Å². The predicted octanol–water partition coefficient (Wildman–Crippen LogP) is 3.96. The van der Waals surface area contributed by atoms with Gasteiger partial charge in [-0.3, -0.25) is 0 Å². The summed E-state index contributed by atoms with van der Waals surface area (Å²) < 4.78 is 5.69. The fourth-order valence-electron chi connectivity index (χ4n) is 1.91. The first-order chi connectivity index (χ1) is 9.26. The van der Waals surface area contributed by atoms with Crippen molar-refractivity contribution in [1.29, 1.82) is 0 Å². The monoisotopic (exact) mass is 265 g/mol. The summed E-state index contributed by atoms with van der Waals surface area (Å²) in [6.07, 6.45) is 7.63. The summed E-state index contributed by atoms with van der Waals surface area (Å²) in [5.41, 5.74) is 0.934. The maximum absolute atomic E-state index is 5.69. The molecule has 4 nitrogen and oxygen atoms in total. The fourth-order valence-corrected chi connectivity index (χ4v) is 1.91. The van der Waals surface area contributed by atoms with Crippen LogP contribution in [0.4, 0.5) is 5.95 Å². The summed E-state index contributed by atoms with van der Waals surface area (Å²) in [4.78, 5) is 8.63. The lowest BCUT2D eigenvalue weighted by molar-refractivity contribution is 0.293. The second-order valence-electron chi connectivity index (χ2n) is 4.82. The summed E-state index contributed by atoms with van der Waals surface area (Å²) in [6.45, 7) is 7.79. The van der Waals surface area contributed by atoms with E-state index in [0.717, 1.165) is 25.3 Å². The second kappa shape index (κ2) is 9.59. The lowest BCUT2D eigenvalue weighted by Crippen LogP contribution is -2.06. The van der Waals surface area contributed by atoms with Gasteiger partial charge in [0, 0.05) is 18.3 Å². The van der Waals surface area contributed by atoms with Crippen LogP contribution in [0, 0.1) is 6.92 Å². The van der Waals surface area contributed by atoms with Crippen LogP contribution < -0.4 is 10.1 Å². The van der Waals surface area contributed by atoms with Crippen molar-refractivity contribution >= 4 is 5.95 Å². The third-order valence-corrected chi connectivity index (χ3v) is 2.91. The molecule has 19 heavy (non-hydrogen) atoms. The highest BCUT2D eigenvalue weighted by atomic mass is 16.5. The Bertz CT molecular complexity index is 355. The van der Waals surface area contributed by atoms with Crippen molar-refractivity contribution in [3.05, 3.63) is 11.8 Å². The first-order valence-corrected chi connectivity index (χ1v) is 7.48. The highest BCUT2D eigenvalue weighted by molar-refractivity contribution is 5.30. The van der Waals surface area contributed by atoms with Crippen LogP contribution in [0.1, 0.15) is 58.1 Å². The smallest absolute Gasteiger partial charge is 0.226 e. The van der Waals surface area contributed by atoms with Crippen LogP contribution in [0.15, 0.2) is 6.07 Å². The van der Waals surface area contributed by atoms with Gasteiger partial charge in [-0.1, -0.05) is 39.0 Å². The van der Waals surface area contributed by atoms with E-state index in [1.807, 2.05) is 19.9 Å². The van der Waals surface area contributed by atoms with Crippen molar-refractivity contribution in [2.75, 3.05) is 18.5 Å². The van der Waals surface area contributed by atoms with E-state index in [-0.39, 0.29) is 0 Å². The maximum atomic E-state index is 5.69. The molecular formula is C15H27N3O. The zero-order chi connectivity index (χ0) is 13.9. The van der Waals surface area contributed by atoms with Crippen LogP contribution in [0.2, 0.25) is 0 Å². The molecule has 0 aromatic carbocycles. The Balaban J connectivity index is 2.25. The van der Waals surface area contributed by atoms with Gasteiger partial charge in [-0.2, -0.15) is 4.98 Å². The zero-order valence-corrected chi connectivity index (χ0v) is 12.5. The van der Waals surface area contributed by atoms with Crippen molar-refractivity contribution in [2.45, 2.75) is 59.3 Å². The van der Waals surface area contributed by atoms with Crippen molar-refractivity contribution in [1.82, 2.24) is 9.97 Å². The molecule has 0 bridgehead atoms. The summed E-state index contributed by atoms with van der Waals surface area (Å²) in [5, 5.41) is 3.11. The molecule has 0 aliphatic carbocycles. The van der Waals surface area contributed by atoms with Gasteiger partial charge in [-0.25, -0.2) is 4.98 Å². The summed E-state index contributed by atoms with van der Waals surface area (Å²) in [6, 6.07) is 1.89. The number of hydrogen-bond donors (Lipinski definition) is 1. The molecule has 1 aromatic heterocycles. The molecule has 0 spiro atoms. The van der Waals surface area contributed by atoms with Gasteiger partial charge < -0.3 is 10.1 Å². The van der Waals surface area contributed by atoms with Crippen molar-refractivity contribution in [3.63, 3.8) is 0 Å². The molecule has 108 valence electrons. The minimum atomic E-state index is 0.653. The third kappa shape index (κ3) is 6.99. The van der Waals surface area contributed by atoms with Crippen molar-refractivity contribution < 1.29 is 4.74 Å². The predicted molar refractivity (Wildman–Crippen MR) is 79.8 cm³/mol. The molecule has 1 heterocycles. The summed E-state index contributed by atoms with van der Waals surface area (Å²) in [7, 11) is 0. The molecule has 0 unspecified atom stereocenters. The molecule has 0 atom stereocenters. The van der Waals surface area contributed by atoms with E-state index in [9.17, 15) is 0 Å². The van der Waals surface area contributed by atoms with Crippen LogP contribution in [0.25, 0.3) is 0 Å². The van der Waals surface area contributed by atoms with E-state index < -0.39 is 0 Å². The number of anilines is 1. The van der Waals surface area contributed by atoms with Gasteiger partial charge in [-0.05, 0) is 20.3 Å². The molecule has 4 heteroatoms. The number of ether oxygens (including phenoxy) is 1. The summed E-state index contributed by atoms with van der Waals surface area (Å²) in [5.74, 6) is 1.33. The number of unbranched alkanes of at least 4 members (excludes halogenated alkanes) is 5. The molecule has 0 radical (unpaired) electrons. The average molecular weight is 265 g/mol. The molecule has 0 fully saturated rings. The van der Waals surface area contributed by atoms with Gasteiger partial charge in [0.15, 0.2) is 0 Å². The molecule has 1 aromatic rings. The van der Waals surface area contributed by atoms with Gasteiger partial charge in [0.25, 0.3) is 0 Å². The van der Waals surface area contributed by atoms with Gasteiger partial charge in [0.05, 0.1) is 6.61 Å². The van der Waals surface area contributed by atoms with E-state index in [0.29, 0.717) is 11.8 Å². The van der Waals surface area contributed by atoms with Gasteiger partial charge in [0.2, 0.25) is 11.8 Å². The Hall–Kier alpha value is -1.32. The quantitative estimate of drug-likeness (QED) is 0.651. The van der Waals surface area contributed by atoms with Crippen LogP contribution in [0.3, 0.4) is 0 Å². The second-order valence-corrected chi connectivity index (χ2v) is 4.82. The van der Waals surface area contributed by atoms with E-state index >= 15 is 0 Å². The number of aromatic nitrogens is 2. The van der Waals surface area contributed by atoms with Crippen LogP contribution in [0.5, 0.6) is 5.88 Å². The Kier molecular flexibility index (Phi) is 7.94. The van der Waals surface area contributed by atoms with Gasteiger partial charge in [0.1, 0.15) is 0 Å². The lowest BCUT2D eigenvalue weighted by atomic mass is 10.1. The number of hydrogen-bond acceptors (Lipinski definition) is 4. The lowest BCUT2D eigenvalue weighted by Gasteiger charge is -2.08. The molecular weight excluding hydrogens is 238 g/mol. The first-order valence-electron chi connectivity index (χ1n) is 7.48. The highest BCUT2D eigenvalue weighted by Gasteiger charge is 2.02. The van der Waals surface area contributed by atoms with E-state index in [2.05, 4.69) is 22.2 Å². The Morgan fingerprint density at radius 1 is 1.05 bits per heavy atom. The molecule has 0 aliphatic rings. The fraction of sp³-hybridized carbons (Fsp3) is 0.733. The Morgan fingerprint density at radius 2 is 1.79 bits per heavy atom. The molecule has 1 N–H and O–H groups in total. The van der Waals surface area contributed by atoms with E-state index in [1.54, 1.807) is 0 Å². The topological polar surface area (TPSA) is 47.0 Å². The molecule has 0 saturated heterocycles. The number of nitrogens with zero attached hydrogens (tertiary/aromatic N) is 2. The molecule has 0 aliphatic heterocycles. The van der Waals surface area contributed by atoms with Gasteiger partial charge >= 0.3 is 0 Å². The molecule has 0 amide bonds. The van der Waals surface area contributed by atoms with Gasteiger partial charge in [-0.15, -0.1) is 0 Å². The minimum absolute atomic E-state index is 0.653. The molecule has 0 saturated carbocycles. The number of rotatable bonds is 10. The summed E-state index contributed by atoms with van der Waals surface area (Å²) >= 11 is 0. The SMILES string of the molecule is CCCCCCCCOc1cc(C)nc(NCC)n1. The van der Waals surface area contributed by atoms with Crippen molar-refractivity contribution in [2.24, 2.45) is 0 Å². The largest absolute Gasteiger partial charge is 0.478 e. The number of aryl methyl sites for hydroxylation is 1. The minimum Gasteiger partial charge on any atom is -0.478 e. The normalized spacial score (nSPS) is 10.5.